The maximum absolute atomic E-state index is 6.05. The molecule has 0 saturated carbocycles. The highest BCUT2D eigenvalue weighted by atomic mass is 16.5. The summed E-state index contributed by atoms with van der Waals surface area (Å²) >= 11 is 0. The minimum Gasteiger partial charge on any atom is -0.378 e. The Morgan fingerprint density at radius 3 is 2.32 bits per heavy atom. The van der Waals surface area contributed by atoms with Gasteiger partial charge < -0.3 is 15.0 Å². The van der Waals surface area contributed by atoms with Gasteiger partial charge in [-0.1, -0.05) is 42.5 Å². The standard InChI is InChI=1S/C25H36N2O/c1-24(2)20-25(15-17-28-24,18-21-8-6-5-7-9-21)14-16-26-19-22-10-12-23(13-11-22)27(3)4/h5-13,26H,14-20H2,1-4H3/p+1/t25-/m0/s1. The van der Waals surface area contributed by atoms with Crippen LogP contribution in [0.5, 0.6) is 0 Å². The molecule has 1 atom stereocenters. The fourth-order valence-corrected chi connectivity index (χ4v) is 4.68. The van der Waals surface area contributed by atoms with Crippen molar-refractivity contribution < 1.29 is 10.1 Å². The topological polar surface area (TPSA) is 29.1 Å². The smallest absolute Gasteiger partial charge is 0.101 e. The van der Waals surface area contributed by atoms with E-state index in [0.29, 0.717) is 5.41 Å². The number of anilines is 1. The van der Waals surface area contributed by atoms with Gasteiger partial charge in [-0.2, -0.15) is 0 Å². The molecule has 152 valence electrons. The van der Waals surface area contributed by atoms with Crippen LogP contribution in [-0.4, -0.2) is 32.8 Å². The predicted molar refractivity (Wildman–Crippen MR) is 118 cm³/mol. The number of benzene rings is 2. The molecule has 0 aliphatic carbocycles. The summed E-state index contributed by atoms with van der Waals surface area (Å²) in [5, 5.41) is 2.47. The van der Waals surface area contributed by atoms with Crippen molar-refractivity contribution in [1.29, 1.82) is 0 Å². The van der Waals surface area contributed by atoms with E-state index in [0.717, 1.165) is 32.4 Å². The van der Waals surface area contributed by atoms with Gasteiger partial charge in [0.25, 0.3) is 0 Å². The van der Waals surface area contributed by atoms with Crippen molar-refractivity contribution in [3.8, 4) is 0 Å². The normalized spacial score (nSPS) is 21.4. The second kappa shape index (κ2) is 9.11. The van der Waals surface area contributed by atoms with Crippen molar-refractivity contribution in [3.63, 3.8) is 0 Å². The van der Waals surface area contributed by atoms with Crippen molar-refractivity contribution in [2.45, 2.75) is 51.7 Å². The van der Waals surface area contributed by atoms with Gasteiger partial charge in [0.2, 0.25) is 0 Å². The zero-order valence-electron chi connectivity index (χ0n) is 18.1. The molecule has 2 N–H and O–H groups in total. The average molecular weight is 382 g/mol. The summed E-state index contributed by atoms with van der Waals surface area (Å²) < 4.78 is 6.05. The van der Waals surface area contributed by atoms with E-state index >= 15 is 0 Å². The molecule has 1 aliphatic rings. The lowest BCUT2D eigenvalue weighted by Gasteiger charge is -2.45. The number of nitrogens with zero attached hydrogens (tertiary/aromatic N) is 1. The van der Waals surface area contributed by atoms with E-state index in [2.05, 4.69) is 92.8 Å². The first-order valence-corrected chi connectivity index (χ1v) is 10.6. The molecule has 0 bridgehead atoms. The third kappa shape index (κ3) is 5.83. The molecule has 2 aromatic rings. The summed E-state index contributed by atoms with van der Waals surface area (Å²) in [6, 6.07) is 19.9. The van der Waals surface area contributed by atoms with Gasteiger partial charge in [0.05, 0.1) is 12.1 Å². The van der Waals surface area contributed by atoms with Crippen molar-refractivity contribution in [2.75, 3.05) is 32.1 Å². The fourth-order valence-electron chi connectivity index (χ4n) is 4.68. The molecule has 3 heteroatoms. The monoisotopic (exact) mass is 381 g/mol. The number of ether oxygens (including phenoxy) is 1. The molecule has 28 heavy (non-hydrogen) atoms. The van der Waals surface area contributed by atoms with Crippen molar-refractivity contribution in [3.05, 3.63) is 65.7 Å². The Hall–Kier alpha value is -1.84. The Bertz CT molecular complexity index is 724. The van der Waals surface area contributed by atoms with Crippen LogP contribution in [0.3, 0.4) is 0 Å². The van der Waals surface area contributed by atoms with E-state index < -0.39 is 0 Å². The molecule has 0 aromatic heterocycles. The highest BCUT2D eigenvalue weighted by Gasteiger charge is 2.40. The molecular weight excluding hydrogens is 344 g/mol. The summed E-state index contributed by atoms with van der Waals surface area (Å²) in [4.78, 5) is 2.15. The SMILES string of the molecule is CN(C)c1ccc(C[NH2+]CC[C@@]2(Cc3ccccc3)CCOC(C)(C)C2)cc1. The maximum atomic E-state index is 6.05. The third-order valence-electron chi connectivity index (χ3n) is 6.06. The van der Waals surface area contributed by atoms with Crippen LogP contribution in [0.2, 0.25) is 0 Å². The zero-order valence-corrected chi connectivity index (χ0v) is 18.1. The van der Waals surface area contributed by atoms with E-state index in [1.807, 2.05) is 0 Å². The minimum atomic E-state index is -0.0188. The molecule has 0 spiro atoms. The second-order valence-corrected chi connectivity index (χ2v) is 9.29. The lowest BCUT2D eigenvalue weighted by molar-refractivity contribution is -0.672. The largest absolute Gasteiger partial charge is 0.378 e. The van der Waals surface area contributed by atoms with Crippen LogP contribution in [-0.2, 0) is 17.7 Å². The van der Waals surface area contributed by atoms with Crippen LogP contribution in [0.15, 0.2) is 54.6 Å². The lowest BCUT2D eigenvalue weighted by Crippen LogP contribution is -2.83. The first-order valence-electron chi connectivity index (χ1n) is 10.6. The van der Waals surface area contributed by atoms with Gasteiger partial charge >= 0.3 is 0 Å². The molecular formula is C25H37N2O+. The third-order valence-corrected chi connectivity index (χ3v) is 6.06. The Balaban J connectivity index is 1.58. The van der Waals surface area contributed by atoms with Gasteiger partial charge in [-0.25, -0.2) is 0 Å². The van der Waals surface area contributed by atoms with Gasteiger partial charge in [0, 0.05) is 38.4 Å². The van der Waals surface area contributed by atoms with Gasteiger partial charge in [0.1, 0.15) is 6.54 Å². The summed E-state index contributed by atoms with van der Waals surface area (Å²) in [6.07, 6.45) is 4.70. The molecule has 0 unspecified atom stereocenters. The van der Waals surface area contributed by atoms with Gasteiger partial charge in [-0.05, 0) is 56.2 Å². The number of hydrogen-bond acceptors (Lipinski definition) is 2. The molecule has 1 aliphatic heterocycles. The first kappa shape index (κ1) is 20.9. The summed E-state index contributed by atoms with van der Waals surface area (Å²) in [5.74, 6) is 0. The lowest BCUT2D eigenvalue weighted by atomic mass is 9.68. The molecule has 1 fully saturated rings. The minimum absolute atomic E-state index is 0.0188. The maximum Gasteiger partial charge on any atom is 0.101 e. The summed E-state index contributed by atoms with van der Waals surface area (Å²) in [7, 11) is 4.17. The highest BCUT2D eigenvalue weighted by molar-refractivity contribution is 5.45. The molecule has 2 aromatic carbocycles. The number of nitrogens with two attached hydrogens (primary N) is 1. The molecule has 0 amide bonds. The van der Waals surface area contributed by atoms with E-state index in [1.54, 1.807) is 0 Å². The molecule has 1 heterocycles. The summed E-state index contributed by atoms with van der Waals surface area (Å²) in [5.41, 5.74) is 4.44. The Labute approximate surface area is 171 Å². The van der Waals surface area contributed by atoms with Crippen LogP contribution in [0.1, 0.15) is 44.2 Å². The van der Waals surface area contributed by atoms with Gasteiger partial charge in [-0.15, -0.1) is 0 Å². The van der Waals surface area contributed by atoms with E-state index in [-0.39, 0.29) is 5.60 Å². The van der Waals surface area contributed by atoms with Crippen molar-refractivity contribution >= 4 is 5.69 Å². The van der Waals surface area contributed by atoms with E-state index in [4.69, 9.17) is 4.74 Å². The van der Waals surface area contributed by atoms with Crippen LogP contribution >= 0.6 is 0 Å². The molecule has 0 radical (unpaired) electrons. The molecule has 3 rings (SSSR count). The van der Waals surface area contributed by atoms with Crippen molar-refractivity contribution in [2.24, 2.45) is 5.41 Å². The fraction of sp³-hybridized carbons (Fsp3) is 0.520. The van der Waals surface area contributed by atoms with Crippen molar-refractivity contribution in [1.82, 2.24) is 0 Å². The van der Waals surface area contributed by atoms with E-state index in [9.17, 15) is 0 Å². The molecule has 3 nitrogen and oxygen atoms in total. The van der Waals surface area contributed by atoms with Gasteiger partial charge in [0.15, 0.2) is 0 Å². The Morgan fingerprint density at radius 1 is 0.964 bits per heavy atom. The quantitative estimate of drug-likeness (QED) is 0.700. The number of rotatable bonds is 8. The highest BCUT2D eigenvalue weighted by Crippen LogP contribution is 2.43. The van der Waals surface area contributed by atoms with Crippen LogP contribution in [0.25, 0.3) is 0 Å². The van der Waals surface area contributed by atoms with Crippen LogP contribution < -0.4 is 10.2 Å². The Kier molecular flexibility index (Phi) is 6.79. The predicted octanol–water partition coefficient (Wildman–Crippen LogP) is 4.02. The van der Waals surface area contributed by atoms with Gasteiger partial charge in [-0.3, -0.25) is 0 Å². The summed E-state index contributed by atoms with van der Waals surface area (Å²) in [6.45, 7) is 7.60. The number of quaternary nitrogens is 1. The second-order valence-electron chi connectivity index (χ2n) is 9.29. The number of hydrogen-bond donors (Lipinski definition) is 1. The Morgan fingerprint density at radius 2 is 1.68 bits per heavy atom. The average Bonchev–Trinajstić information content (AvgIpc) is 2.66. The molecule has 1 saturated heterocycles. The van der Waals surface area contributed by atoms with E-state index in [1.165, 1.54) is 29.8 Å². The zero-order chi connectivity index (χ0) is 20.0. The first-order chi connectivity index (χ1) is 13.4. The van der Waals surface area contributed by atoms with Crippen LogP contribution in [0, 0.1) is 5.41 Å². The van der Waals surface area contributed by atoms with Crippen LogP contribution in [0.4, 0.5) is 5.69 Å².